The summed E-state index contributed by atoms with van der Waals surface area (Å²) in [4.78, 5) is 20.0. The predicted octanol–water partition coefficient (Wildman–Crippen LogP) is 1.54. The molecule has 0 bridgehead atoms. The number of amides is 2. The normalized spacial score (nSPS) is 11.9. The molecule has 0 fully saturated rings. The second kappa shape index (κ2) is 6.21. The van der Waals surface area contributed by atoms with E-state index in [0.717, 1.165) is 5.22 Å². The summed E-state index contributed by atoms with van der Waals surface area (Å²) in [6.07, 6.45) is 1.56. The Morgan fingerprint density at radius 2 is 2.26 bits per heavy atom. The van der Waals surface area contributed by atoms with E-state index in [1.54, 1.807) is 18.3 Å². The number of carbonyl (C=O) groups is 1. The van der Waals surface area contributed by atoms with Crippen LogP contribution in [0.15, 0.2) is 35.5 Å². The van der Waals surface area contributed by atoms with Crippen LogP contribution in [-0.4, -0.2) is 18.1 Å². The molecule has 1 aliphatic heterocycles. The molecular weight excluding hydrogens is 323 g/mol. The number of pyridine rings is 1. The molecule has 0 spiro atoms. The van der Waals surface area contributed by atoms with E-state index in [1.165, 1.54) is 19.2 Å². The molecule has 0 saturated carbocycles. The summed E-state index contributed by atoms with van der Waals surface area (Å²) in [5.41, 5.74) is 0.226. The Hall–Kier alpha value is -2.67. The lowest BCUT2D eigenvalue weighted by Crippen LogP contribution is -2.37. The van der Waals surface area contributed by atoms with E-state index in [-0.39, 0.29) is 17.1 Å². The van der Waals surface area contributed by atoms with Crippen molar-refractivity contribution in [2.45, 2.75) is 6.54 Å². The lowest BCUT2D eigenvalue weighted by Gasteiger charge is -2.11. The fourth-order valence-electron chi connectivity index (χ4n) is 2.07. The first-order chi connectivity index (χ1) is 11.1. The van der Waals surface area contributed by atoms with Crippen LogP contribution in [0.25, 0.3) is 5.88 Å². The first kappa shape index (κ1) is 15.2. The summed E-state index contributed by atoms with van der Waals surface area (Å²) in [6.45, 7) is -0.0335. The van der Waals surface area contributed by atoms with Crippen LogP contribution in [0.3, 0.4) is 0 Å². The molecule has 0 atom stereocenters. The van der Waals surface area contributed by atoms with Crippen LogP contribution in [0.2, 0.25) is 5.02 Å². The maximum atomic E-state index is 13.6. The van der Waals surface area contributed by atoms with Crippen molar-refractivity contribution in [1.82, 2.24) is 10.3 Å². The lowest BCUT2D eigenvalue weighted by molar-refractivity contribution is 0.251. The average Bonchev–Trinajstić information content (AvgIpc) is 2.49. The van der Waals surface area contributed by atoms with Crippen LogP contribution in [0.5, 0.6) is 0 Å². The molecule has 2 N–H and O–H groups in total. The number of halogens is 2. The van der Waals surface area contributed by atoms with E-state index in [1.807, 2.05) is 0 Å². The zero-order valence-electron chi connectivity index (χ0n) is 12.1. The van der Waals surface area contributed by atoms with E-state index >= 15 is 0 Å². The van der Waals surface area contributed by atoms with Gasteiger partial charge in [-0.3, -0.25) is 5.32 Å². The monoisotopic (exact) mass is 334 g/mol. The van der Waals surface area contributed by atoms with Crippen LogP contribution in [-0.2, 0) is 11.3 Å². The second-order valence-corrected chi connectivity index (χ2v) is 5.12. The quantitative estimate of drug-likeness (QED) is 0.890. The van der Waals surface area contributed by atoms with Crippen molar-refractivity contribution in [2.24, 2.45) is 4.99 Å². The number of nitrogens with zero attached hydrogens (tertiary/aromatic N) is 2. The Morgan fingerprint density at radius 1 is 1.43 bits per heavy atom. The predicted molar refractivity (Wildman–Crippen MR) is 82.7 cm³/mol. The number of aromatic nitrogens is 1. The molecule has 118 valence electrons. The number of carbonyl (C=O) groups excluding carboxylic acids is 1. The van der Waals surface area contributed by atoms with Crippen molar-refractivity contribution in [3.8, 4) is 0 Å². The summed E-state index contributed by atoms with van der Waals surface area (Å²) in [6, 6.07) is 5.44. The summed E-state index contributed by atoms with van der Waals surface area (Å²) in [5.74, 6) is 0.371. The van der Waals surface area contributed by atoms with E-state index in [9.17, 15) is 9.18 Å². The maximum absolute atomic E-state index is 13.6. The average molecular weight is 335 g/mol. The molecule has 2 aromatic rings. The highest BCUT2D eigenvalue weighted by Gasteiger charge is 2.12. The van der Waals surface area contributed by atoms with Gasteiger partial charge in [-0.15, -0.1) is 0 Å². The molecule has 6 nitrogen and oxygen atoms in total. The number of hydrogen-bond donors (Lipinski definition) is 2. The van der Waals surface area contributed by atoms with Gasteiger partial charge in [0.15, 0.2) is 0 Å². The highest BCUT2D eigenvalue weighted by atomic mass is 35.5. The van der Waals surface area contributed by atoms with Gasteiger partial charge >= 0.3 is 6.03 Å². The van der Waals surface area contributed by atoms with Crippen LogP contribution >= 0.6 is 11.6 Å². The molecule has 3 rings (SSSR count). The van der Waals surface area contributed by atoms with E-state index in [0.29, 0.717) is 17.1 Å². The van der Waals surface area contributed by atoms with E-state index in [2.05, 4.69) is 20.6 Å². The molecule has 23 heavy (non-hydrogen) atoms. The molecular formula is C15H12ClFN4O2. The minimum Gasteiger partial charge on any atom is -0.480 e. The summed E-state index contributed by atoms with van der Waals surface area (Å²) >= 11 is 5.90. The zero-order valence-corrected chi connectivity index (χ0v) is 12.8. The maximum Gasteiger partial charge on any atom is 0.320 e. The third-order valence-electron chi connectivity index (χ3n) is 3.26. The zero-order chi connectivity index (χ0) is 16.4. The third-order valence-corrected chi connectivity index (χ3v) is 3.61. The van der Waals surface area contributed by atoms with Crippen molar-refractivity contribution in [3.63, 3.8) is 0 Å². The van der Waals surface area contributed by atoms with Gasteiger partial charge in [-0.05, 0) is 12.1 Å². The van der Waals surface area contributed by atoms with Gasteiger partial charge in [-0.1, -0.05) is 17.7 Å². The molecule has 8 heteroatoms. The van der Waals surface area contributed by atoms with Crippen LogP contribution < -0.4 is 21.2 Å². The number of methoxy groups -OCH3 is 1. The van der Waals surface area contributed by atoms with Crippen LogP contribution in [0, 0.1) is 5.82 Å². The van der Waals surface area contributed by atoms with Gasteiger partial charge in [-0.25, -0.2) is 19.2 Å². The van der Waals surface area contributed by atoms with Crippen molar-refractivity contribution < 1.29 is 13.9 Å². The fourth-order valence-corrected chi connectivity index (χ4v) is 2.30. The largest absolute Gasteiger partial charge is 0.480 e. The fraction of sp³-hybridized carbons (Fsp3) is 0.133. The Labute approximate surface area is 135 Å². The second-order valence-electron chi connectivity index (χ2n) is 4.72. The van der Waals surface area contributed by atoms with Crippen molar-refractivity contribution in [3.05, 3.63) is 57.4 Å². The highest BCUT2D eigenvalue weighted by molar-refractivity contribution is 6.31. The number of benzene rings is 1. The molecule has 0 aliphatic carbocycles. The van der Waals surface area contributed by atoms with E-state index < -0.39 is 11.8 Å². The minimum absolute atomic E-state index is 0.0335. The molecule has 0 unspecified atom stereocenters. The molecule has 1 aromatic carbocycles. The Bertz CT molecular complexity index is 881. The van der Waals surface area contributed by atoms with Gasteiger partial charge in [0.1, 0.15) is 11.6 Å². The van der Waals surface area contributed by atoms with Crippen LogP contribution in [0.4, 0.5) is 15.0 Å². The van der Waals surface area contributed by atoms with Crippen molar-refractivity contribution >= 4 is 29.3 Å². The van der Waals surface area contributed by atoms with Crippen LogP contribution in [0.1, 0.15) is 5.56 Å². The first-order valence-corrected chi connectivity index (χ1v) is 7.07. The van der Waals surface area contributed by atoms with Gasteiger partial charge in [0, 0.05) is 29.4 Å². The highest BCUT2D eigenvalue weighted by Crippen LogP contribution is 2.18. The number of urea groups is 1. The van der Waals surface area contributed by atoms with E-state index in [4.69, 9.17) is 16.3 Å². The molecule has 1 aromatic heterocycles. The molecule has 0 radical (unpaired) electrons. The summed E-state index contributed by atoms with van der Waals surface area (Å²) < 4.78 is 18.6. The Morgan fingerprint density at radius 3 is 2.96 bits per heavy atom. The lowest BCUT2D eigenvalue weighted by atomic mass is 10.2. The number of anilines is 1. The van der Waals surface area contributed by atoms with Gasteiger partial charge < -0.3 is 10.1 Å². The SMILES string of the molecule is COC1=c2cnc(NC(=O)NCc3c(F)cccc3Cl)cc2=N1. The number of rotatable bonds is 4. The number of fused-ring (bicyclic) bond motifs is 1. The molecule has 0 saturated heterocycles. The van der Waals surface area contributed by atoms with Crippen molar-refractivity contribution in [1.29, 1.82) is 0 Å². The van der Waals surface area contributed by atoms with Crippen molar-refractivity contribution in [2.75, 3.05) is 12.4 Å². The van der Waals surface area contributed by atoms with Gasteiger partial charge in [-0.2, -0.15) is 0 Å². The topological polar surface area (TPSA) is 75.6 Å². The van der Waals surface area contributed by atoms with Gasteiger partial charge in [0.05, 0.1) is 17.7 Å². The summed E-state index contributed by atoms with van der Waals surface area (Å²) in [5, 5.41) is 6.80. The smallest absolute Gasteiger partial charge is 0.320 e. The molecule has 2 heterocycles. The summed E-state index contributed by atoms with van der Waals surface area (Å²) in [7, 11) is 1.52. The number of nitrogens with one attached hydrogen (secondary N) is 2. The first-order valence-electron chi connectivity index (χ1n) is 6.69. The number of ether oxygens (including phenoxy) is 1. The third kappa shape index (κ3) is 3.09. The Balaban J connectivity index is 1.64. The van der Waals surface area contributed by atoms with Gasteiger partial charge in [0.25, 0.3) is 0 Å². The minimum atomic E-state index is -0.521. The molecule has 1 aliphatic rings. The standard InChI is InChI=1S/C15H12ClFN4O2/c1-23-14-9-7-18-13(5-12(9)20-14)21-15(22)19-6-8-10(16)3-2-4-11(8)17/h2-5,7H,6H2,1H3,(H2,18,19,21,22). The molecule has 2 amide bonds. The van der Waals surface area contributed by atoms with Gasteiger partial charge in [0.2, 0.25) is 5.88 Å². The number of hydrogen-bond acceptors (Lipinski definition) is 4. The Kier molecular flexibility index (Phi) is 4.12.